The van der Waals surface area contributed by atoms with E-state index in [1.54, 1.807) is 12.1 Å². The number of nitrogens with zero attached hydrogens (tertiary/aromatic N) is 2. The summed E-state index contributed by atoms with van der Waals surface area (Å²) in [6.45, 7) is 5.11. The van der Waals surface area contributed by atoms with Gasteiger partial charge in [0.1, 0.15) is 10.7 Å². The lowest BCUT2D eigenvalue weighted by Gasteiger charge is -2.31. The molecule has 0 amide bonds. The average Bonchev–Trinajstić information content (AvgIpc) is 2.60. The molecule has 134 valence electrons. The van der Waals surface area contributed by atoms with E-state index in [0.717, 1.165) is 12.8 Å². The van der Waals surface area contributed by atoms with Crippen LogP contribution < -0.4 is 9.62 Å². The number of piperidine rings is 1. The van der Waals surface area contributed by atoms with Crippen LogP contribution in [0.15, 0.2) is 23.2 Å². The molecule has 0 saturated carbocycles. The van der Waals surface area contributed by atoms with E-state index in [9.17, 15) is 13.2 Å². The second-order valence-corrected chi connectivity index (χ2v) is 7.80. The fourth-order valence-corrected chi connectivity index (χ4v) is 4.16. The molecular weight excluding hydrogens is 330 g/mol. The Bertz CT molecular complexity index is 648. The molecule has 24 heavy (non-hydrogen) atoms. The van der Waals surface area contributed by atoms with Gasteiger partial charge in [-0.2, -0.15) is 0 Å². The lowest BCUT2D eigenvalue weighted by atomic mass is 9.97. The molecule has 2 N–H and O–H groups in total. The Morgan fingerprint density at radius 2 is 1.96 bits per heavy atom. The first kappa shape index (κ1) is 18.7. The third kappa shape index (κ3) is 4.45. The summed E-state index contributed by atoms with van der Waals surface area (Å²) in [6, 6.07) is 3.16. The van der Waals surface area contributed by atoms with Crippen molar-refractivity contribution >= 4 is 21.8 Å². The van der Waals surface area contributed by atoms with Crippen LogP contribution in [-0.2, 0) is 14.8 Å². The predicted octanol–water partition coefficient (Wildman–Crippen LogP) is 1.85. The van der Waals surface area contributed by atoms with Crippen LogP contribution in [0.5, 0.6) is 0 Å². The van der Waals surface area contributed by atoms with Crippen molar-refractivity contribution < 1.29 is 18.3 Å². The van der Waals surface area contributed by atoms with Gasteiger partial charge in [-0.15, -0.1) is 0 Å². The highest BCUT2D eigenvalue weighted by molar-refractivity contribution is 7.89. The smallest absolute Gasteiger partial charge is 0.306 e. The minimum Gasteiger partial charge on any atom is -0.481 e. The number of aliphatic carboxylic acids is 1. The van der Waals surface area contributed by atoms with Crippen LogP contribution in [0.25, 0.3) is 0 Å². The molecule has 1 aromatic heterocycles. The summed E-state index contributed by atoms with van der Waals surface area (Å²) in [5, 5.41) is 9.03. The molecule has 1 aliphatic heterocycles. The number of carboxylic acids is 1. The van der Waals surface area contributed by atoms with E-state index in [1.165, 1.54) is 6.20 Å². The van der Waals surface area contributed by atoms with Gasteiger partial charge < -0.3 is 10.0 Å². The Balaban J connectivity index is 2.04. The number of hydrogen-bond donors (Lipinski definition) is 2. The van der Waals surface area contributed by atoms with Crippen LogP contribution in [0, 0.1) is 5.92 Å². The van der Waals surface area contributed by atoms with Crippen molar-refractivity contribution in [1.29, 1.82) is 0 Å². The molecule has 0 atom stereocenters. The number of anilines is 1. The van der Waals surface area contributed by atoms with Gasteiger partial charge in [-0.1, -0.05) is 13.8 Å². The second-order valence-electron chi connectivity index (χ2n) is 6.09. The summed E-state index contributed by atoms with van der Waals surface area (Å²) in [4.78, 5) is 17.4. The number of pyridine rings is 1. The van der Waals surface area contributed by atoms with Crippen molar-refractivity contribution in [3.05, 3.63) is 18.3 Å². The molecular formula is C16H25N3O4S. The van der Waals surface area contributed by atoms with Crippen LogP contribution >= 0.6 is 0 Å². The van der Waals surface area contributed by atoms with Crippen molar-refractivity contribution in [2.75, 3.05) is 18.0 Å². The molecule has 1 fully saturated rings. The molecule has 1 aliphatic rings. The molecule has 0 unspecified atom stereocenters. The highest BCUT2D eigenvalue weighted by Crippen LogP contribution is 2.22. The minimum absolute atomic E-state index is 0.0790. The fourth-order valence-electron chi connectivity index (χ4n) is 2.82. The van der Waals surface area contributed by atoms with Gasteiger partial charge in [-0.05, 0) is 37.8 Å². The predicted molar refractivity (Wildman–Crippen MR) is 91.5 cm³/mol. The first-order valence-electron chi connectivity index (χ1n) is 8.33. The van der Waals surface area contributed by atoms with E-state index in [-0.39, 0.29) is 16.9 Å². The summed E-state index contributed by atoms with van der Waals surface area (Å²) >= 11 is 0. The summed E-state index contributed by atoms with van der Waals surface area (Å²) in [6.07, 6.45) is 3.99. The Morgan fingerprint density at radius 1 is 1.33 bits per heavy atom. The molecule has 8 heteroatoms. The molecule has 1 saturated heterocycles. The maximum absolute atomic E-state index is 12.3. The van der Waals surface area contributed by atoms with Gasteiger partial charge >= 0.3 is 5.97 Å². The van der Waals surface area contributed by atoms with Gasteiger partial charge in [-0.3, -0.25) is 4.79 Å². The summed E-state index contributed by atoms with van der Waals surface area (Å²) in [5.41, 5.74) is 0. The maximum Gasteiger partial charge on any atom is 0.306 e. The van der Waals surface area contributed by atoms with Gasteiger partial charge in [0.25, 0.3) is 0 Å². The van der Waals surface area contributed by atoms with E-state index in [0.29, 0.717) is 31.7 Å². The van der Waals surface area contributed by atoms with Crippen LogP contribution in [0.1, 0.15) is 39.5 Å². The summed E-state index contributed by atoms with van der Waals surface area (Å²) in [5.74, 6) is -0.373. The SMILES string of the molecule is CCC(CC)NS(=O)(=O)c1ccc(N2CCC(C(=O)O)CC2)nc1. The van der Waals surface area contributed by atoms with Crippen molar-refractivity contribution in [2.45, 2.75) is 50.5 Å². The molecule has 0 bridgehead atoms. The van der Waals surface area contributed by atoms with Gasteiger partial charge in [0.15, 0.2) is 0 Å². The number of aromatic nitrogens is 1. The van der Waals surface area contributed by atoms with Crippen molar-refractivity contribution in [1.82, 2.24) is 9.71 Å². The number of sulfonamides is 1. The lowest BCUT2D eigenvalue weighted by Crippen LogP contribution is -2.37. The van der Waals surface area contributed by atoms with E-state index in [2.05, 4.69) is 9.71 Å². The standard InChI is InChI=1S/C16H25N3O4S/c1-3-13(4-2)18-24(22,23)14-5-6-15(17-11-14)19-9-7-12(8-10-19)16(20)21/h5-6,11-13,18H,3-4,7-10H2,1-2H3,(H,20,21). The topological polar surface area (TPSA) is 99.6 Å². The molecule has 2 heterocycles. The Hall–Kier alpha value is -1.67. The van der Waals surface area contributed by atoms with E-state index in [4.69, 9.17) is 5.11 Å². The minimum atomic E-state index is -3.56. The lowest BCUT2D eigenvalue weighted by molar-refractivity contribution is -0.142. The van der Waals surface area contributed by atoms with Crippen LogP contribution in [0.4, 0.5) is 5.82 Å². The Morgan fingerprint density at radius 3 is 2.42 bits per heavy atom. The number of hydrogen-bond acceptors (Lipinski definition) is 5. The zero-order chi connectivity index (χ0) is 17.7. The largest absolute Gasteiger partial charge is 0.481 e. The third-order valence-corrected chi connectivity index (χ3v) is 6.01. The number of nitrogens with one attached hydrogen (secondary N) is 1. The molecule has 0 aliphatic carbocycles. The zero-order valence-electron chi connectivity index (χ0n) is 14.1. The quantitative estimate of drug-likeness (QED) is 0.774. The Labute approximate surface area is 143 Å². The third-order valence-electron chi connectivity index (χ3n) is 4.51. The summed E-state index contributed by atoms with van der Waals surface area (Å²) in [7, 11) is -3.56. The second kappa shape index (κ2) is 7.94. The highest BCUT2D eigenvalue weighted by Gasteiger charge is 2.25. The molecule has 0 radical (unpaired) electrons. The number of carboxylic acid groups (broad SMARTS) is 1. The van der Waals surface area contributed by atoms with E-state index >= 15 is 0 Å². The average molecular weight is 355 g/mol. The van der Waals surface area contributed by atoms with Gasteiger partial charge in [0, 0.05) is 25.3 Å². The monoisotopic (exact) mass is 355 g/mol. The zero-order valence-corrected chi connectivity index (χ0v) is 14.9. The number of rotatable bonds is 7. The highest BCUT2D eigenvalue weighted by atomic mass is 32.2. The molecule has 2 rings (SSSR count). The molecule has 7 nitrogen and oxygen atoms in total. The molecule has 1 aromatic rings. The first-order chi connectivity index (χ1) is 11.4. The first-order valence-corrected chi connectivity index (χ1v) is 9.81. The van der Waals surface area contributed by atoms with Crippen LogP contribution in [-0.4, -0.2) is 43.6 Å². The van der Waals surface area contributed by atoms with Crippen LogP contribution in [0.3, 0.4) is 0 Å². The van der Waals surface area contributed by atoms with E-state index in [1.807, 2.05) is 18.7 Å². The van der Waals surface area contributed by atoms with Crippen LogP contribution in [0.2, 0.25) is 0 Å². The maximum atomic E-state index is 12.3. The van der Waals surface area contributed by atoms with Gasteiger partial charge in [0.2, 0.25) is 10.0 Å². The summed E-state index contributed by atoms with van der Waals surface area (Å²) < 4.78 is 27.4. The number of carbonyl (C=O) groups is 1. The fraction of sp³-hybridized carbons (Fsp3) is 0.625. The van der Waals surface area contributed by atoms with Gasteiger partial charge in [0.05, 0.1) is 5.92 Å². The van der Waals surface area contributed by atoms with Crippen molar-refractivity contribution in [2.24, 2.45) is 5.92 Å². The normalized spacial score (nSPS) is 16.5. The Kier molecular flexibility index (Phi) is 6.17. The van der Waals surface area contributed by atoms with Crippen molar-refractivity contribution in [3.8, 4) is 0 Å². The van der Waals surface area contributed by atoms with Gasteiger partial charge in [-0.25, -0.2) is 18.1 Å². The van der Waals surface area contributed by atoms with E-state index < -0.39 is 16.0 Å². The molecule has 0 spiro atoms. The van der Waals surface area contributed by atoms with Crippen molar-refractivity contribution in [3.63, 3.8) is 0 Å². The molecule has 0 aromatic carbocycles.